The Kier molecular flexibility index (Phi) is 10.1. The molecule has 2 heterocycles. The van der Waals surface area contributed by atoms with Crippen molar-refractivity contribution < 1.29 is 19.3 Å². The summed E-state index contributed by atoms with van der Waals surface area (Å²) in [5.74, 6) is 8.60. The normalized spacial score (nSPS) is 21.5. The molecule has 2 aromatic carbocycles. The van der Waals surface area contributed by atoms with Gasteiger partial charge in [0.25, 0.3) is 0 Å². The number of hydrogen-bond donors (Lipinski definition) is 2. The van der Waals surface area contributed by atoms with Crippen molar-refractivity contribution in [2.45, 2.75) is 63.6 Å². The van der Waals surface area contributed by atoms with Crippen LogP contribution in [0, 0.1) is 29.1 Å². The van der Waals surface area contributed by atoms with Crippen LogP contribution in [-0.2, 0) is 9.47 Å². The maximum Gasteiger partial charge on any atom is 0.158 e. The summed E-state index contributed by atoms with van der Waals surface area (Å²) in [5.41, 5.74) is 3.08. The molecule has 1 aromatic heterocycles. The highest BCUT2D eigenvalue weighted by Gasteiger charge is 2.30. The third kappa shape index (κ3) is 7.75. The van der Waals surface area contributed by atoms with Crippen molar-refractivity contribution in [1.82, 2.24) is 14.9 Å². The molecule has 0 bridgehead atoms. The van der Waals surface area contributed by atoms with Gasteiger partial charge in [0, 0.05) is 24.6 Å². The second-order valence-corrected chi connectivity index (χ2v) is 10.7. The van der Waals surface area contributed by atoms with Crippen molar-refractivity contribution in [3.8, 4) is 34.8 Å². The molecule has 1 aliphatic heterocycles. The molecule has 2 N–H and O–H groups in total. The molecule has 5 rings (SSSR count). The first kappa shape index (κ1) is 28.9. The third-order valence-electron chi connectivity index (χ3n) is 7.65. The van der Waals surface area contributed by atoms with E-state index in [0.717, 1.165) is 73.5 Å². The van der Waals surface area contributed by atoms with Crippen LogP contribution in [0.3, 0.4) is 0 Å². The average Bonchev–Trinajstić information content (AvgIpc) is 3.47. The molecule has 3 aromatic rings. The van der Waals surface area contributed by atoms with E-state index in [9.17, 15) is 5.11 Å². The average molecular weight is 555 g/mol. The fourth-order valence-corrected chi connectivity index (χ4v) is 5.31. The summed E-state index contributed by atoms with van der Waals surface area (Å²) in [6.45, 7) is 3.83. The molecule has 2 fully saturated rings. The van der Waals surface area contributed by atoms with E-state index in [2.05, 4.69) is 52.5 Å². The van der Waals surface area contributed by atoms with Gasteiger partial charge in [-0.05, 0) is 86.9 Å². The van der Waals surface area contributed by atoms with Gasteiger partial charge in [-0.2, -0.15) is 5.26 Å². The van der Waals surface area contributed by atoms with E-state index < -0.39 is 6.04 Å². The predicted octanol–water partition coefficient (Wildman–Crippen LogP) is 5.01. The topological polar surface area (TPSA) is 102 Å². The minimum absolute atomic E-state index is 0.130. The number of nitriles is 1. The van der Waals surface area contributed by atoms with Crippen LogP contribution in [0.5, 0.6) is 5.75 Å². The van der Waals surface area contributed by atoms with Gasteiger partial charge < -0.3 is 29.2 Å². The van der Waals surface area contributed by atoms with Crippen molar-refractivity contribution in [2.24, 2.45) is 5.92 Å². The van der Waals surface area contributed by atoms with E-state index in [0.29, 0.717) is 12.5 Å². The van der Waals surface area contributed by atoms with Gasteiger partial charge in [0.15, 0.2) is 6.29 Å². The van der Waals surface area contributed by atoms with E-state index in [-0.39, 0.29) is 25.1 Å². The molecule has 1 saturated carbocycles. The van der Waals surface area contributed by atoms with Crippen LogP contribution in [0.2, 0.25) is 0 Å². The molecular weight excluding hydrogens is 516 g/mol. The van der Waals surface area contributed by atoms with Gasteiger partial charge in [0.05, 0.1) is 25.3 Å². The summed E-state index contributed by atoms with van der Waals surface area (Å²) < 4.78 is 19.8. The first-order chi connectivity index (χ1) is 20.1. The molecule has 1 saturated heterocycles. The van der Waals surface area contributed by atoms with Crippen LogP contribution >= 0.6 is 0 Å². The molecular formula is C33H38N4O4. The summed E-state index contributed by atoms with van der Waals surface area (Å²) >= 11 is 0. The van der Waals surface area contributed by atoms with Crippen LogP contribution < -0.4 is 10.1 Å². The number of imidazole rings is 1. The first-order valence-corrected chi connectivity index (χ1v) is 14.5. The van der Waals surface area contributed by atoms with Gasteiger partial charge in [0.1, 0.15) is 23.7 Å². The Morgan fingerprint density at radius 3 is 2.56 bits per heavy atom. The molecule has 8 nitrogen and oxygen atoms in total. The Morgan fingerprint density at radius 1 is 1.12 bits per heavy atom. The fourth-order valence-electron chi connectivity index (χ4n) is 5.31. The van der Waals surface area contributed by atoms with Crippen LogP contribution in [0.15, 0.2) is 60.9 Å². The van der Waals surface area contributed by atoms with Gasteiger partial charge >= 0.3 is 0 Å². The van der Waals surface area contributed by atoms with Gasteiger partial charge in [-0.25, -0.2) is 4.98 Å². The number of rotatable bonds is 11. The van der Waals surface area contributed by atoms with Crippen molar-refractivity contribution in [3.05, 3.63) is 72.3 Å². The Bertz CT molecular complexity index is 1340. The predicted molar refractivity (Wildman–Crippen MR) is 156 cm³/mol. The zero-order valence-corrected chi connectivity index (χ0v) is 23.5. The largest absolute Gasteiger partial charge is 0.490 e. The number of nitrogens with zero attached hydrogens (tertiary/aromatic N) is 3. The van der Waals surface area contributed by atoms with E-state index in [4.69, 9.17) is 19.5 Å². The van der Waals surface area contributed by atoms with Gasteiger partial charge in [0.2, 0.25) is 0 Å². The molecule has 2 aliphatic rings. The van der Waals surface area contributed by atoms with Crippen molar-refractivity contribution in [2.75, 3.05) is 26.3 Å². The lowest BCUT2D eigenvalue weighted by atomic mass is 9.82. The Hall–Kier alpha value is -3.66. The minimum Gasteiger partial charge on any atom is -0.490 e. The molecule has 0 amide bonds. The Labute approximate surface area is 242 Å². The highest BCUT2D eigenvalue weighted by atomic mass is 16.7. The molecule has 1 unspecified atom stereocenters. The second-order valence-electron chi connectivity index (χ2n) is 10.7. The van der Waals surface area contributed by atoms with Crippen LogP contribution in [-0.4, -0.2) is 53.4 Å². The Morgan fingerprint density at radius 2 is 1.88 bits per heavy atom. The summed E-state index contributed by atoms with van der Waals surface area (Å²) in [7, 11) is 0. The quantitative estimate of drug-likeness (QED) is 0.195. The Balaban J connectivity index is 1.15. The second kappa shape index (κ2) is 14.3. The van der Waals surface area contributed by atoms with Gasteiger partial charge in [-0.1, -0.05) is 36.1 Å². The highest BCUT2D eigenvalue weighted by molar-refractivity contribution is 5.65. The van der Waals surface area contributed by atoms with Crippen molar-refractivity contribution in [3.63, 3.8) is 0 Å². The van der Waals surface area contributed by atoms with E-state index >= 15 is 0 Å². The number of aliphatic hydroxyl groups excluding tert-OH is 1. The zero-order chi connectivity index (χ0) is 28.4. The number of aliphatic hydroxyl groups is 1. The fraction of sp³-hybridized carbons (Fsp3) is 0.455. The monoisotopic (exact) mass is 554 g/mol. The van der Waals surface area contributed by atoms with Crippen LogP contribution in [0.1, 0.15) is 62.6 Å². The minimum atomic E-state index is -0.433. The lowest BCUT2D eigenvalue weighted by Gasteiger charge is -2.35. The number of hydrogen-bond acceptors (Lipinski definition) is 7. The SMILES string of the molecule is C[C@H](OC1CCCCO1)c1nccn1[C@@H](C#Cc1ccc(-c2ccc(OC3CC(CNCC#N)C3)cc2)cc1)CO. The molecule has 8 heteroatoms. The summed E-state index contributed by atoms with van der Waals surface area (Å²) in [5, 5.41) is 21.9. The molecule has 3 atom stereocenters. The van der Waals surface area contributed by atoms with Crippen molar-refractivity contribution in [1.29, 1.82) is 5.26 Å². The zero-order valence-electron chi connectivity index (χ0n) is 23.5. The standard InChI is InChI=1S/C33H38N4O4/c1-24(40-32-4-2-3-19-39-32)33-36-17-18-37(33)29(23-38)12-7-25-5-8-27(9-6-25)28-10-13-30(14-11-28)41-31-20-26(21-31)22-35-16-15-34/h5-6,8-11,13-14,17-18,24,26,29,31-32,35,38H,2-4,16,19-23H2,1H3/t24-,26?,29-,31?,32?/m0/s1. The van der Waals surface area contributed by atoms with E-state index in [1.165, 1.54) is 0 Å². The van der Waals surface area contributed by atoms with Gasteiger partial charge in [-0.3, -0.25) is 0 Å². The number of nitrogens with one attached hydrogen (secondary N) is 1. The number of ether oxygens (including phenoxy) is 3. The molecule has 41 heavy (non-hydrogen) atoms. The van der Waals surface area contributed by atoms with Crippen LogP contribution in [0.4, 0.5) is 0 Å². The molecule has 214 valence electrons. The van der Waals surface area contributed by atoms with E-state index in [1.807, 2.05) is 42.0 Å². The summed E-state index contributed by atoms with van der Waals surface area (Å²) in [6.07, 6.45) is 8.38. The van der Waals surface area contributed by atoms with Gasteiger partial charge in [-0.15, -0.1) is 0 Å². The molecule has 0 radical (unpaired) electrons. The number of aromatic nitrogens is 2. The maximum atomic E-state index is 10.1. The smallest absolute Gasteiger partial charge is 0.158 e. The highest BCUT2D eigenvalue weighted by Crippen LogP contribution is 2.32. The summed E-state index contributed by atoms with van der Waals surface area (Å²) in [4.78, 5) is 4.48. The summed E-state index contributed by atoms with van der Waals surface area (Å²) in [6, 6.07) is 18.0. The third-order valence-corrected chi connectivity index (χ3v) is 7.65. The first-order valence-electron chi connectivity index (χ1n) is 14.5. The maximum absolute atomic E-state index is 10.1. The number of benzene rings is 2. The van der Waals surface area contributed by atoms with Crippen molar-refractivity contribution >= 4 is 0 Å². The molecule has 0 spiro atoms. The van der Waals surface area contributed by atoms with E-state index in [1.54, 1.807) is 6.20 Å². The lowest BCUT2D eigenvalue weighted by molar-refractivity contribution is -0.188. The van der Waals surface area contributed by atoms with Crippen LogP contribution in [0.25, 0.3) is 11.1 Å². The molecule has 1 aliphatic carbocycles. The lowest BCUT2D eigenvalue weighted by Crippen LogP contribution is -2.39.